The summed E-state index contributed by atoms with van der Waals surface area (Å²) in [5.41, 5.74) is 8.05. The fraction of sp³-hybridized carbons (Fsp3) is 0. The van der Waals surface area contributed by atoms with Gasteiger partial charge < -0.3 is 0 Å². The van der Waals surface area contributed by atoms with E-state index in [1.165, 1.54) is 80.1 Å². The Kier molecular flexibility index (Phi) is 5.81. The summed E-state index contributed by atoms with van der Waals surface area (Å²) in [6.07, 6.45) is 0. The molecule has 0 saturated carbocycles. The van der Waals surface area contributed by atoms with Crippen LogP contribution in [0.2, 0.25) is 0 Å². The van der Waals surface area contributed by atoms with Crippen molar-refractivity contribution in [2.75, 3.05) is 0 Å². The van der Waals surface area contributed by atoms with Crippen LogP contribution in [0.3, 0.4) is 0 Å². The molecule has 2 heterocycles. The minimum atomic E-state index is 1.03. The van der Waals surface area contributed by atoms with Gasteiger partial charge in [0, 0.05) is 41.9 Å². The van der Waals surface area contributed by atoms with Crippen molar-refractivity contribution in [1.29, 1.82) is 0 Å². The minimum absolute atomic E-state index is 1.03. The van der Waals surface area contributed by atoms with Crippen LogP contribution in [0.15, 0.2) is 164 Å². The van der Waals surface area contributed by atoms with Crippen LogP contribution in [0.5, 0.6) is 0 Å². The predicted octanol–water partition coefficient (Wildman–Crippen LogP) is 13.1. The van der Waals surface area contributed by atoms with Gasteiger partial charge in [-0.25, -0.2) is 4.98 Å². The molecule has 0 aliphatic carbocycles. The lowest BCUT2D eigenvalue weighted by molar-refractivity contribution is 1.43. The average Bonchev–Trinajstić information content (AvgIpc) is 3.53. The molecular formula is C45H27NS. The maximum atomic E-state index is 5.28. The third kappa shape index (κ3) is 4.26. The smallest absolute Gasteiger partial charge is 0.0788 e. The molecule has 0 unspecified atom stereocenters. The highest BCUT2D eigenvalue weighted by atomic mass is 32.1. The Hall–Kier alpha value is -5.83. The van der Waals surface area contributed by atoms with Crippen molar-refractivity contribution in [2.45, 2.75) is 0 Å². The molecule has 0 atom stereocenters. The second-order valence-corrected chi connectivity index (χ2v) is 13.4. The highest BCUT2D eigenvalue weighted by Gasteiger charge is 2.16. The average molecular weight is 614 g/mol. The summed E-state index contributed by atoms with van der Waals surface area (Å²) in [5, 5.41) is 11.3. The van der Waals surface area contributed by atoms with Gasteiger partial charge in [0.05, 0.1) is 11.2 Å². The van der Waals surface area contributed by atoms with E-state index in [4.69, 9.17) is 4.98 Å². The SMILES string of the molecule is c1cc(-c2ccc3cc(-c4ccc5ccccc5c4)ccc3c2)cc(-c2nc3ccccc3c3c2ccc2c4ccccc4sc23)c1. The maximum Gasteiger partial charge on any atom is 0.0788 e. The van der Waals surface area contributed by atoms with Gasteiger partial charge in [0.25, 0.3) is 0 Å². The van der Waals surface area contributed by atoms with Crippen molar-refractivity contribution < 1.29 is 0 Å². The number of rotatable bonds is 3. The summed E-state index contributed by atoms with van der Waals surface area (Å²) in [6, 6.07) is 59.6. The van der Waals surface area contributed by atoms with E-state index in [1.807, 2.05) is 11.3 Å². The number of para-hydroxylation sites is 1. The van der Waals surface area contributed by atoms with Crippen LogP contribution in [0.1, 0.15) is 0 Å². The number of benzene rings is 8. The largest absolute Gasteiger partial charge is 0.247 e. The molecule has 10 aromatic rings. The molecule has 2 heteroatoms. The van der Waals surface area contributed by atoms with Crippen LogP contribution in [0, 0.1) is 0 Å². The zero-order valence-electron chi connectivity index (χ0n) is 25.4. The molecule has 2 aromatic heterocycles. The van der Waals surface area contributed by atoms with Crippen molar-refractivity contribution >= 4 is 74.7 Å². The third-order valence-electron chi connectivity index (χ3n) is 9.60. The summed E-state index contributed by atoms with van der Waals surface area (Å²) in [5.74, 6) is 0. The second-order valence-electron chi connectivity index (χ2n) is 12.4. The molecule has 0 aliphatic rings. The van der Waals surface area contributed by atoms with Gasteiger partial charge in [-0.3, -0.25) is 0 Å². The van der Waals surface area contributed by atoms with Crippen molar-refractivity contribution in [3.05, 3.63) is 164 Å². The topological polar surface area (TPSA) is 12.9 Å². The standard InChI is InChI=1S/C45H27NS/c1-2-9-29-24-32(17-16-28(29)8-1)34-21-20-33-25-31(18-19-35(33)26-34)30-10-7-11-36(27-30)44-40-23-22-38-37-12-4-6-15-42(37)47-45(38)43(40)39-13-3-5-14-41(39)46-44/h1-27H. The first-order chi connectivity index (χ1) is 23.3. The van der Waals surface area contributed by atoms with Crippen LogP contribution in [0.4, 0.5) is 0 Å². The predicted molar refractivity (Wildman–Crippen MR) is 203 cm³/mol. The lowest BCUT2D eigenvalue weighted by Gasteiger charge is -2.13. The molecule has 0 N–H and O–H groups in total. The van der Waals surface area contributed by atoms with E-state index in [-0.39, 0.29) is 0 Å². The molecule has 0 radical (unpaired) electrons. The summed E-state index contributed by atoms with van der Waals surface area (Å²) >= 11 is 1.88. The van der Waals surface area contributed by atoms with E-state index in [1.54, 1.807) is 0 Å². The first-order valence-corrected chi connectivity index (χ1v) is 16.9. The van der Waals surface area contributed by atoms with E-state index in [0.717, 1.165) is 16.8 Å². The van der Waals surface area contributed by atoms with Crippen LogP contribution in [-0.2, 0) is 0 Å². The van der Waals surface area contributed by atoms with E-state index >= 15 is 0 Å². The van der Waals surface area contributed by atoms with Gasteiger partial charge in [0.2, 0.25) is 0 Å². The molecule has 218 valence electrons. The molecule has 0 bridgehead atoms. The lowest BCUT2D eigenvalue weighted by atomic mass is 9.94. The van der Waals surface area contributed by atoms with Crippen LogP contribution in [0.25, 0.3) is 96.9 Å². The van der Waals surface area contributed by atoms with Gasteiger partial charge in [-0.1, -0.05) is 127 Å². The maximum absolute atomic E-state index is 5.28. The Morgan fingerprint density at radius 1 is 0.362 bits per heavy atom. The number of thiophene rings is 1. The quantitative estimate of drug-likeness (QED) is 0.181. The number of hydrogen-bond acceptors (Lipinski definition) is 2. The van der Waals surface area contributed by atoms with E-state index < -0.39 is 0 Å². The van der Waals surface area contributed by atoms with E-state index in [2.05, 4.69) is 164 Å². The summed E-state index contributed by atoms with van der Waals surface area (Å²) in [6.45, 7) is 0. The van der Waals surface area contributed by atoms with Crippen molar-refractivity contribution in [3.8, 4) is 33.5 Å². The highest BCUT2D eigenvalue weighted by Crippen LogP contribution is 2.43. The molecule has 0 aliphatic heterocycles. The van der Waals surface area contributed by atoms with Gasteiger partial charge >= 0.3 is 0 Å². The fourth-order valence-electron chi connectivity index (χ4n) is 7.26. The lowest BCUT2D eigenvalue weighted by Crippen LogP contribution is -1.90. The first-order valence-electron chi connectivity index (χ1n) is 16.0. The van der Waals surface area contributed by atoms with Crippen LogP contribution in [-0.4, -0.2) is 4.98 Å². The number of pyridine rings is 1. The molecular weight excluding hydrogens is 587 g/mol. The summed E-state index contributed by atoms with van der Waals surface area (Å²) in [4.78, 5) is 5.28. The van der Waals surface area contributed by atoms with Crippen molar-refractivity contribution in [2.24, 2.45) is 0 Å². The Balaban J connectivity index is 1.09. The van der Waals surface area contributed by atoms with Crippen LogP contribution < -0.4 is 0 Å². The van der Waals surface area contributed by atoms with Gasteiger partial charge in [0.15, 0.2) is 0 Å². The minimum Gasteiger partial charge on any atom is -0.247 e. The molecule has 47 heavy (non-hydrogen) atoms. The third-order valence-corrected chi connectivity index (χ3v) is 10.8. The fourth-order valence-corrected chi connectivity index (χ4v) is 8.52. The van der Waals surface area contributed by atoms with Gasteiger partial charge in [-0.05, 0) is 80.2 Å². The summed E-state index contributed by atoms with van der Waals surface area (Å²) < 4.78 is 2.65. The Morgan fingerprint density at radius 2 is 0.936 bits per heavy atom. The normalized spacial score (nSPS) is 11.8. The number of nitrogens with zero attached hydrogens (tertiary/aromatic N) is 1. The zero-order chi connectivity index (χ0) is 30.9. The highest BCUT2D eigenvalue weighted by molar-refractivity contribution is 7.26. The van der Waals surface area contributed by atoms with Gasteiger partial charge in [-0.2, -0.15) is 0 Å². The molecule has 0 spiro atoms. The Labute approximate surface area is 276 Å². The molecule has 0 fully saturated rings. The monoisotopic (exact) mass is 613 g/mol. The second kappa shape index (κ2) is 10.3. The Morgan fingerprint density at radius 3 is 1.72 bits per heavy atom. The Bertz CT molecular complexity index is 2860. The van der Waals surface area contributed by atoms with Crippen LogP contribution >= 0.6 is 11.3 Å². The number of aromatic nitrogens is 1. The first kappa shape index (κ1) is 26.4. The number of fused-ring (bicyclic) bond motifs is 9. The molecule has 0 saturated heterocycles. The molecule has 0 amide bonds. The van der Waals surface area contributed by atoms with E-state index in [0.29, 0.717) is 0 Å². The molecule has 1 nitrogen and oxygen atoms in total. The zero-order valence-corrected chi connectivity index (χ0v) is 26.3. The van der Waals surface area contributed by atoms with Gasteiger partial charge in [-0.15, -0.1) is 11.3 Å². The van der Waals surface area contributed by atoms with Crippen molar-refractivity contribution in [3.63, 3.8) is 0 Å². The number of hydrogen-bond donors (Lipinski definition) is 0. The van der Waals surface area contributed by atoms with Gasteiger partial charge in [0.1, 0.15) is 0 Å². The van der Waals surface area contributed by atoms with Crippen molar-refractivity contribution in [1.82, 2.24) is 4.98 Å². The summed E-state index contributed by atoms with van der Waals surface area (Å²) in [7, 11) is 0. The molecule has 8 aromatic carbocycles. The molecule has 10 rings (SSSR count). The van der Waals surface area contributed by atoms with E-state index in [9.17, 15) is 0 Å².